The van der Waals surface area contributed by atoms with Crippen molar-refractivity contribution in [1.82, 2.24) is 25.6 Å². The van der Waals surface area contributed by atoms with Crippen molar-refractivity contribution < 1.29 is 9.63 Å². The molecule has 0 bridgehead atoms. The van der Waals surface area contributed by atoms with Gasteiger partial charge in [0.1, 0.15) is 10.6 Å². The maximum atomic E-state index is 9.49. The van der Waals surface area contributed by atoms with Gasteiger partial charge in [-0.2, -0.15) is 20.4 Å². The lowest BCUT2D eigenvalue weighted by Gasteiger charge is -1.87. The Morgan fingerprint density at radius 3 is 3.06 bits per heavy atom. The zero-order chi connectivity index (χ0) is 11.0. The summed E-state index contributed by atoms with van der Waals surface area (Å²) < 4.78 is 5.02. The molecule has 3 aromatic heterocycles. The molecule has 0 aliphatic heterocycles. The van der Waals surface area contributed by atoms with Gasteiger partial charge in [-0.15, -0.1) is 11.3 Å². The lowest BCUT2D eigenvalue weighted by Crippen LogP contribution is -1.80. The number of nitrogens with zero attached hydrogens (tertiary/aromatic N) is 4. The Hall–Kier alpha value is -2.22. The summed E-state index contributed by atoms with van der Waals surface area (Å²) >= 11 is 1.32. The van der Waals surface area contributed by atoms with Crippen LogP contribution < -0.4 is 0 Å². The van der Waals surface area contributed by atoms with E-state index in [1.807, 2.05) is 0 Å². The van der Waals surface area contributed by atoms with Gasteiger partial charge in [-0.3, -0.25) is 0 Å². The average Bonchev–Trinajstić information content (AvgIpc) is 2.96. The van der Waals surface area contributed by atoms with Crippen LogP contribution in [0.4, 0.5) is 0 Å². The Labute approximate surface area is 92.8 Å². The molecule has 8 heteroatoms. The summed E-state index contributed by atoms with van der Waals surface area (Å²) in [5, 5.41) is 24.9. The molecule has 0 fully saturated rings. The maximum absolute atomic E-state index is 9.49. The van der Waals surface area contributed by atoms with Gasteiger partial charge in [0.2, 0.25) is 5.82 Å². The molecule has 80 valence electrons. The van der Waals surface area contributed by atoms with Gasteiger partial charge in [-0.05, 0) is 11.4 Å². The van der Waals surface area contributed by atoms with Crippen molar-refractivity contribution in [2.45, 2.75) is 0 Å². The SMILES string of the molecule is Oc1ccsc1-c1nc(-c2cn[nH]n2)no1. The molecule has 0 atom stereocenters. The molecule has 0 aromatic carbocycles. The molecule has 2 N–H and O–H groups in total. The fourth-order valence-electron chi connectivity index (χ4n) is 1.19. The molecule has 7 nitrogen and oxygen atoms in total. The lowest BCUT2D eigenvalue weighted by molar-refractivity contribution is 0.427. The van der Waals surface area contributed by atoms with Crippen LogP contribution in [0.5, 0.6) is 5.75 Å². The first-order chi connectivity index (χ1) is 7.84. The Morgan fingerprint density at radius 1 is 1.44 bits per heavy atom. The molecule has 0 unspecified atom stereocenters. The summed E-state index contributed by atoms with van der Waals surface area (Å²) in [4.78, 5) is 4.65. The van der Waals surface area contributed by atoms with Crippen molar-refractivity contribution in [3.63, 3.8) is 0 Å². The Kier molecular flexibility index (Phi) is 1.93. The fourth-order valence-corrected chi connectivity index (χ4v) is 1.90. The van der Waals surface area contributed by atoms with E-state index >= 15 is 0 Å². The van der Waals surface area contributed by atoms with Crippen LogP contribution in [-0.2, 0) is 0 Å². The van der Waals surface area contributed by atoms with Gasteiger partial charge >= 0.3 is 0 Å². The minimum atomic E-state index is 0.125. The van der Waals surface area contributed by atoms with Crippen LogP contribution in [0.2, 0.25) is 0 Å². The van der Waals surface area contributed by atoms with E-state index in [1.165, 1.54) is 17.5 Å². The predicted octanol–water partition coefficient (Wildman–Crippen LogP) is 1.29. The number of aromatic hydroxyl groups is 1. The highest BCUT2D eigenvalue weighted by Gasteiger charge is 2.16. The highest BCUT2D eigenvalue weighted by atomic mass is 32.1. The molecular formula is C8H5N5O2S. The zero-order valence-electron chi connectivity index (χ0n) is 7.78. The summed E-state index contributed by atoms with van der Waals surface area (Å²) in [5.41, 5.74) is 0.492. The van der Waals surface area contributed by atoms with Crippen molar-refractivity contribution in [1.29, 1.82) is 0 Å². The number of hydrogen-bond donors (Lipinski definition) is 2. The molecule has 3 rings (SSSR count). The minimum absolute atomic E-state index is 0.125. The normalized spacial score (nSPS) is 10.8. The second-order valence-electron chi connectivity index (χ2n) is 2.91. The zero-order valence-corrected chi connectivity index (χ0v) is 8.60. The van der Waals surface area contributed by atoms with Crippen molar-refractivity contribution >= 4 is 11.3 Å². The van der Waals surface area contributed by atoms with Crippen LogP contribution >= 0.6 is 11.3 Å². The summed E-state index contributed by atoms with van der Waals surface area (Å²) in [6.07, 6.45) is 1.49. The summed E-state index contributed by atoms with van der Waals surface area (Å²) in [6, 6.07) is 1.57. The molecule has 0 aliphatic carbocycles. The number of H-pyrrole nitrogens is 1. The first kappa shape index (κ1) is 9.04. The third-order valence-electron chi connectivity index (χ3n) is 1.91. The first-order valence-electron chi connectivity index (χ1n) is 4.31. The first-order valence-corrected chi connectivity index (χ1v) is 5.19. The van der Waals surface area contributed by atoms with Gasteiger partial charge in [0, 0.05) is 0 Å². The van der Waals surface area contributed by atoms with Crippen LogP contribution in [0.15, 0.2) is 22.2 Å². The third kappa shape index (κ3) is 1.36. The topological polar surface area (TPSA) is 101 Å². The Bertz CT molecular complexity index is 600. The molecule has 0 saturated carbocycles. The molecule has 3 aromatic rings. The van der Waals surface area contributed by atoms with Crippen LogP contribution in [0, 0.1) is 0 Å². The average molecular weight is 235 g/mol. The number of hydrogen-bond acceptors (Lipinski definition) is 7. The Balaban J connectivity index is 2.03. The van der Waals surface area contributed by atoms with E-state index in [0.29, 0.717) is 16.4 Å². The second kappa shape index (κ2) is 3.42. The van der Waals surface area contributed by atoms with Crippen molar-refractivity contribution in [2.75, 3.05) is 0 Å². The van der Waals surface area contributed by atoms with Gasteiger partial charge in [-0.1, -0.05) is 5.16 Å². The molecule has 0 radical (unpaired) electrons. The quantitative estimate of drug-likeness (QED) is 0.694. The lowest BCUT2D eigenvalue weighted by atomic mass is 10.4. The van der Waals surface area contributed by atoms with Crippen molar-refractivity contribution in [3.05, 3.63) is 17.6 Å². The standard InChI is InChI=1S/C8H5N5O2S/c14-5-1-2-16-6(5)8-10-7(12-15-8)4-3-9-13-11-4/h1-3,14H,(H,9,11,13). The third-order valence-corrected chi connectivity index (χ3v) is 2.80. The van der Waals surface area contributed by atoms with Crippen LogP contribution in [0.1, 0.15) is 0 Å². The smallest absolute Gasteiger partial charge is 0.272 e. The van der Waals surface area contributed by atoms with E-state index in [1.54, 1.807) is 11.4 Å². The van der Waals surface area contributed by atoms with Crippen molar-refractivity contribution in [2.24, 2.45) is 0 Å². The van der Waals surface area contributed by atoms with Crippen LogP contribution in [-0.4, -0.2) is 30.7 Å². The number of thiophene rings is 1. The minimum Gasteiger partial charge on any atom is -0.506 e. The molecule has 0 saturated heterocycles. The number of aromatic nitrogens is 5. The van der Waals surface area contributed by atoms with Gasteiger partial charge in [-0.25, -0.2) is 0 Å². The van der Waals surface area contributed by atoms with E-state index in [0.717, 1.165) is 0 Å². The maximum Gasteiger partial charge on any atom is 0.272 e. The van der Waals surface area contributed by atoms with Gasteiger partial charge in [0.25, 0.3) is 5.89 Å². The molecule has 0 amide bonds. The number of nitrogens with one attached hydrogen (secondary N) is 1. The highest BCUT2D eigenvalue weighted by Crippen LogP contribution is 2.33. The van der Waals surface area contributed by atoms with E-state index in [4.69, 9.17) is 4.52 Å². The van der Waals surface area contributed by atoms with E-state index in [-0.39, 0.29) is 11.6 Å². The van der Waals surface area contributed by atoms with Crippen LogP contribution in [0.25, 0.3) is 22.3 Å². The van der Waals surface area contributed by atoms with Gasteiger partial charge in [0.15, 0.2) is 5.69 Å². The molecular weight excluding hydrogens is 230 g/mol. The number of rotatable bonds is 2. The summed E-state index contributed by atoms with van der Waals surface area (Å²) in [5.74, 6) is 0.724. The van der Waals surface area contributed by atoms with Crippen LogP contribution in [0.3, 0.4) is 0 Å². The molecule has 16 heavy (non-hydrogen) atoms. The van der Waals surface area contributed by atoms with Crippen molar-refractivity contribution in [3.8, 4) is 28.0 Å². The number of aromatic amines is 1. The van der Waals surface area contributed by atoms with E-state index in [9.17, 15) is 5.11 Å². The highest BCUT2D eigenvalue weighted by molar-refractivity contribution is 7.13. The van der Waals surface area contributed by atoms with Gasteiger partial charge in [0.05, 0.1) is 6.20 Å². The second-order valence-corrected chi connectivity index (χ2v) is 3.83. The fraction of sp³-hybridized carbons (Fsp3) is 0. The summed E-state index contributed by atoms with van der Waals surface area (Å²) in [6.45, 7) is 0. The predicted molar refractivity (Wildman–Crippen MR) is 54.7 cm³/mol. The monoisotopic (exact) mass is 235 g/mol. The van der Waals surface area contributed by atoms with Gasteiger partial charge < -0.3 is 9.63 Å². The largest absolute Gasteiger partial charge is 0.506 e. The molecule has 0 aliphatic rings. The Morgan fingerprint density at radius 2 is 2.38 bits per heavy atom. The van der Waals surface area contributed by atoms with E-state index < -0.39 is 0 Å². The molecule has 0 spiro atoms. The molecule has 3 heterocycles. The van der Waals surface area contributed by atoms with E-state index in [2.05, 4.69) is 25.6 Å². The summed E-state index contributed by atoms with van der Waals surface area (Å²) in [7, 11) is 0.